The Morgan fingerprint density at radius 2 is 2.25 bits per heavy atom. The number of carbonyl (C=O) groups excluding carboxylic acids is 1. The predicted molar refractivity (Wildman–Crippen MR) is 75.6 cm³/mol. The Hall–Kier alpha value is -2.13. The Morgan fingerprint density at radius 1 is 1.50 bits per heavy atom. The van der Waals surface area contributed by atoms with Crippen LogP contribution in [0.5, 0.6) is 0 Å². The van der Waals surface area contributed by atoms with Crippen molar-refractivity contribution >= 4 is 28.2 Å². The summed E-state index contributed by atoms with van der Waals surface area (Å²) in [4.78, 5) is 23.1. The number of aliphatic carboxylic acids is 1. The van der Waals surface area contributed by atoms with Crippen LogP contribution in [0, 0.1) is 17.2 Å². The van der Waals surface area contributed by atoms with Crippen LogP contribution < -0.4 is 5.32 Å². The third-order valence-electron chi connectivity index (χ3n) is 3.23. The predicted octanol–water partition coefficient (Wildman–Crippen LogP) is 2.32. The Balaban J connectivity index is 2.23. The number of hydrogen-bond donors (Lipinski definition) is 2. The fraction of sp³-hybridized carbons (Fsp3) is 0.357. The maximum Gasteiger partial charge on any atom is 0.328 e. The molecule has 2 N–H and O–H groups in total. The number of fused-ring (bicyclic) bond motifs is 1. The third-order valence-corrected chi connectivity index (χ3v) is 4.44. The number of thiophene rings is 1. The SMILES string of the molecule is CC1CCc2sc(NC(=O)C=CC(=O)O)c(C#N)c2C1. The van der Waals surface area contributed by atoms with Crippen LogP contribution in [0.25, 0.3) is 0 Å². The summed E-state index contributed by atoms with van der Waals surface area (Å²) in [6.07, 6.45) is 4.60. The van der Waals surface area contributed by atoms with E-state index in [9.17, 15) is 14.9 Å². The van der Waals surface area contributed by atoms with Gasteiger partial charge in [-0.05, 0) is 30.7 Å². The van der Waals surface area contributed by atoms with Crippen LogP contribution in [0.3, 0.4) is 0 Å². The lowest BCUT2D eigenvalue weighted by atomic mass is 9.88. The van der Waals surface area contributed by atoms with Gasteiger partial charge in [0.15, 0.2) is 0 Å². The van der Waals surface area contributed by atoms with Gasteiger partial charge in [-0.2, -0.15) is 5.26 Å². The van der Waals surface area contributed by atoms with E-state index in [2.05, 4.69) is 18.3 Å². The molecule has 0 saturated carbocycles. The van der Waals surface area contributed by atoms with E-state index in [0.717, 1.165) is 41.9 Å². The van der Waals surface area contributed by atoms with E-state index < -0.39 is 11.9 Å². The second-order valence-corrected chi connectivity index (χ2v) is 5.93. The number of nitriles is 1. The van der Waals surface area contributed by atoms with Crippen molar-refractivity contribution in [2.45, 2.75) is 26.2 Å². The fourth-order valence-electron chi connectivity index (χ4n) is 2.26. The average molecular weight is 290 g/mol. The van der Waals surface area contributed by atoms with Gasteiger partial charge in [0.1, 0.15) is 11.1 Å². The minimum Gasteiger partial charge on any atom is -0.478 e. The van der Waals surface area contributed by atoms with Crippen LogP contribution in [0.1, 0.15) is 29.3 Å². The first-order valence-electron chi connectivity index (χ1n) is 6.28. The van der Waals surface area contributed by atoms with Gasteiger partial charge in [0.05, 0.1) is 5.56 Å². The van der Waals surface area contributed by atoms with Crippen LogP contribution in [0.15, 0.2) is 12.2 Å². The zero-order valence-corrected chi connectivity index (χ0v) is 11.8. The smallest absolute Gasteiger partial charge is 0.328 e. The largest absolute Gasteiger partial charge is 0.478 e. The second-order valence-electron chi connectivity index (χ2n) is 4.83. The zero-order valence-electron chi connectivity index (χ0n) is 11.0. The lowest BCUT2D eigenvalue weighted by Gasteiger charge is -2.17. The van der Waals surface area contributed by atoms with Crippen LogP contribution in [0.2, 0.25) is 0 Å². The van der Waals surface area contributed by atoms with E-state index in [1.165, 1.54) is 11.3 Å². The van der Waals surface area contributed by atoms with Crippen molar-refractivity contribution in [3.63, 3.8) is 0 Å². The molecular weight excluding hydrogens is 276 g/mol. The number of nitrogens with zero attached hydrogens (tertiary/aromatic N) is 1. The molecule has 5 nitrogen and oxygen atoms in total. The molecule has 1 aliphatic rings. The molecule has 0 bridgehead atoms. The molecule has 1 heterocycles. The number of rotatable bonds is 3. The van der Waals surface area contributed by atoms with Gasteiger partial charge in [-0.25, -0.2) is 4.79 Å². The van der Waals surface area contributed by atoms with Crippen LogP contribution >= 0.6 is 11.3 Å². The molecule has 0 aliphatic heterocycles. The van der Waals surface area contributed by atoms with E-state index in [0.29, 0.717) is 16.5 Å². The summed E-state index contributed by atoms with van der Waals surface area (Å²) >= 11 is 1.42. The molecule has 1 aromatic rings. The fourth-order valence-corrected chi connectivity index (χ4v) is 3.46. The lowest BCUT2D eigenvalue weighted by molar-refractivity contribution is -0.131. The number of aryl methyl sites for hydroxylation is 1. The molecule has 1 amide bonds. The average Bonchev–Trinajstić information content (AvgIpc) is 2.72. The maximum atomic E-state index is 11.6. The topological polar surface area (TPSA) is 90.2 Å². The van der Waals surface area contributed by atoms with E-state index in [1.54, 1.807) is 0 Å². The normalized spacial score (nSPS) is 17.5. The van der Waals surface area contributed by atoms with Gasteiger partial charge >= 0.3 is 5.97 Å². The Labute approximate surface area is 120 Å². The van der Waals surface area contributed by atoms with Gasteiger partial charge in [0, 0.05) is 17.0 Å². The molecule has 20 heavy (non-hydrogen) atoms. The van der Waals surface area contributed by atoms with Crippen molar-refractivity contribution in [2.24, 2.45) is 5.92 Å². The molecule has 0 saturated heterocycles. The van der Waals surface area contributed by atoms with E-state index in [1.807, 2.05) is 0 Å². The monoisotopic (exact) mass is 290 g/mol. The molecule has 0 fully saturated rings. The number of nitrogens with one attached hydrogen (secondary N) is 1. The maximum absolute atomic E-state index is 11.6. The van der Waals surface area contributed by atoms with Gasteiger partial charge < -0.3 is 10.4 Å². The number of carbonyl (C=O) groups is 2. The van der Waals surface area contributed by atoms with Crippen molar-refractivity contribution in [1.29, 1.82) is 5.26 Å². The number of carboxylic acid groups (broad SMARTS) is 1. The molecule has 1 aliphatic carbocycles. The van der Waals surface area contributed by atoms with Gasteiger partial charge in [-0.3, -0.25) is 4.79 Å². The number of hydrogen-bond acceptors (Lipinski definition) is 4. The molecule has 0 aromatic carbocycles. The van der Waals surface area contributed by atoms with Crippen molar-refractivity contribution in [3.8, 4) is 6.07 Å². The molecule has 0 spiro atoms. The summed E-state index contributed by atoms with van der Waals surface area (Å²) in [7, 11) is 0. The zero-order chi connectivity index (χ0) is 14.7. The summed E-state index contributed by atoms with van der Waals surface area (Å²) in [6.45, 7) is 2.15. The molecule has 2 rings (SSSR count). The molecule has 1 unspecified atom stereocenters. The molecule has 1 atom stereocenters. The minimum atomic E-state index is -1.18. The molecule has 6 heteroatoms. The lowest BCUT2D eigenvalue weighted by Crippen LogP contribution is -2.10. The minimum absolute atomic E-state index is 0.520. The van der Waals surface area contributed by atoms with Crippen LogP contribution in [0.4, 0.5) is 5.00 Å². The number of carboxylic acids is 1. The number of anilines is 1. The Kier molecular flexibility index (Phi) is 4.20. The van der Waals surface area contributed by atoms with E-state index >= 15 is 0 Å². The van der Waals surface area contributed by atoms with Crippen molar-refractivity contribution in [2.75, 3.05) is 5.32 Å². The molecular formula is C14H14N2O3S. The first-order valence-corrected chi connectivity index (χ1v) is 7.09. The van der Waals surface area contributed by atoms with Crippen LogP contribution in [-0.2, 0) is 22.4 Å². The second kappa shape index (κ2) is 5.88. The summed E-state index contributed by atoms with van der Waals surface area (Å²) in [6, 6.07) is 2.15. The summed E-state index contributed by atoms with van der Waals surface area (Å²) < 4.78 is 0. The first-order chi connectivity index (χ1) is 9.51. The summed E-state index contributed by atoms with van der Waals surface area (Å²) in [5, 5.41) is 20.9. The van der Waals surface area contributed by atoms with Gasteiger partial charge in [-0.1, -0.05) is 6.92 Å². The first kappa shape index (κ1) is 14.3. The van der Waals surface area contributed by atoms with Crippen molar-refractivity contribution < 1.29 is 14.7 Å². The standard InChI is InChI=1S/C14H14N2O3S/c1-8-2-3-11-9(6-8)10(7-15)14(20-11)16-12(17)4-5-13(18)19/h4-5,8H,2-3,6H2,1H3,(H,16,17)(H,18,19). The molecule has 0 radical (unpaired) electrons. The van der Waals surface area contributed by atoms with Crippen LogP contribution in [-0.4, -0.2) is 17.0 Å². The third kappa shape index (κ3) is 3.06. The molecule has 104 valence electrons. The van der Waals surface area contributed by atoms with E-state index in [-0.39, 0.29) is 0 Å². The highest BCUT2D eigenvalue weighted by atomic mass is 32.1. The Bertz CT molecular complexity index is 625. The van der Waals surface area contributed by atoms with Crippen molar-refractivity contribution in [1.82, 2.24) is 0 Å². The van der Waals surface area contributed by atoms with E-state index in [4.69, 9.17) is 5.11 Å². The molecule has 1 aromatic heterocycles. The van der Waals surface area contributed by atoms with Crippen molar-refractivity contribution in [3.05, 3.63) is 28.2 Å². The number of amides is 1. The summed E-state index contributed by atoms with van der Waals surface area (Å²) in [5.41, 5.74) is 1.56. The quantitative estimate of drug-likeness (QED) is 0.836. The summed E-state index contributed by atoms with van der Waals surface area (Å²) in [5.74, 6) is -1.17. The van der Waals surface area contributed by atoms with Gasteiger partial charge in [0.25, 0.3) is 0 Å². The highest BCUT2D eigenvalue weighted by Crippen LogP contribution is 2.39. The highest BCUT2D eigenvalue weighted by Gasteiger charge is 2.24. The highest BCUT2D eigenvalue weighted by molar-refractivity contribution is 7.16. The Morgan fingerprint density at radius 3 is 2.90 bits per heavy atom. The van der Waals surface area contributed by atoms with Gasteiger partial charge in [0.2, 0.25) is 5.91 Å². The van der Waals surface area contributed by atoms with Gasteiger partial charge in [-0.15, -0.1) is 11.3 Å².